The van der Waals surface area contributed by atoms with E-state index in [0.29, 0.717) is 5.92 Å². The summed E-state index contributed by atoms with van der Waals surface area (Å²) >= 11 is 0. The van der Waals surface area contributed by atoms with Gasteiger partial charge in [-0.25, -0.2) is 4.79 Å². The summed E-state index contributed by atoms with van der Waals surface area (Å²) < 4.78 is 10.5. The van der Waals surface area contributed by atoms with E-state index >= 15 is 0 Å². The Morgan fingerprint density at radius 1 is 1.33 bits per heavy atom. The molecule has 3 atom stereocenters. The zero-order valence-electron chi connectivity index (χ0n) is 10.6. The van der Waals surface area contributed by atoms with E-state index in [0.717, 1.165) is 18.7 Å². The highest BCUT2D eigenvalue weighted by atomic mass is 16.6. The Morgan fingerprint density at radius 2 is 2.06 bits per heavy atom. The fraction of sp³-hybridized carbons (Fsp3) is 0.500. The van der Waals surface area contributed by atoms with Crippen LogP contribution in [0.3, 0.4) is 0 Å². The average molecular weight is 247 g/mol. The van der Waals surface area contributed by atoms with Crippen LogP contribution >= 0.6 is 0 Å². The van der Waals surface area contributed by atoms with Crippen molar-refractivity contribution in [3.8, 4) is 5.75 Å². The molecule has 1 aromatic carbocycles. The summed E-state index contributed by atoms with van der Waals surface area (Å²) in [4.78, 5) is 13.5. The monoisotopic (exact) mass is 247 g/mol. The largest absolute Gasteiger partial charge is 0.497 e. The number of cyclic esters (lactones) is 1. The Kier molecular flexibility index (Phi) is 2.65. The van der Waals surface area contributed by atoms with Gasteiger partial charge in [-0.05, 0) is 31.0 Å². The van der Waals surface area contributed by atoms with Crippen LogP contribution in [-0.4, -0.2) is 36.8 Å². The lowest BCUT2D eigenvalue weighted by Gasteiger charge is -2.21. The zero-order chi connectivity index (χ0) is 12.7. The Hall–Kier alpha value is -1.71. The maximum atomic E-state index is 11.6. The molecule has 0 saturated carbocycles. The van der Waals surface area contributed by atoms with E-state index in [9.17, 15) is 4.79 Å². The van der Waals surface area contributed by atoms with E-state index in [1.54, 1.807) is 7.11 Å². The fourth-order valence-electron chi connectivity index (χ4n) is 3.12. The van der Waals surface area contributed by atoms with Gasteiger partial charge in [-0.2, -0.15) is 0 Å². The second-order valence-corrected chi connectivity index (χ2v) is 4.94. The molecule has 0 N–H and O–H groups in total. The number of methoxy groups -OCH3 is 1. The first kappa shape index (κ1) is 11.4. The molecular weight excluding hydrogens is 230 g/mol. The molecule has 3 rings (SSSR count). The second-order valence-electron chi connectivity index (χ2n) is 4.94. The second kappa shape index (κ2) is 4.19. The maximum Gasteiger partial charge on any atom is 0.410 e. The van der Waals surface area contributed by atoms with Crippen LogP contribution in [-0.2, 0) is 4.74 Å². The summed E-state index contributed by atoms with van der Waals surface area (Å²) in [6.07, 6.45) is 0.826. The molecule has 4 nitrogen and oxygen atoms in total. The molecule has 18 heavy (non-hydrogen) atoms. The van der Waals surface area contributed by atoms with Gasteiger partial charge in [0.2, 0.25) is 0 Å². The number of rotatable bonds is 2. The Labute approximate surface area is 106 Å². The minimum Gasteiger partial charge on any atom is -0.497 e. The zero-order valence-corrected chi connectivity index (χ0v) is 10.6. The highest BCUT2D eigenvalue weighted by Crippen LogP contribution is 2.40. The van der Waals surface area contributed by atoms with Gasteiger partial charge in [0, 0.05) is 12.5 Å². The summed E-state index contributed by atoms with van der Waals surface area (Å²) in [7, 11) is 1.66. The van der Waals surface area contributed by atoms with Crippen molar-refractivity contribution in [2.24, 2.45) is 0 Å². The third-order valence-corrected chi connectivity index (χ3v) is 4.00. The van der Waals surface area contributed by atoms with Crippen LogP contribution in [0.15, 0.2) is 24.3 Å². The van der Waals surface area contributed by atoms with Crippen LogP contribution < -0.4 is 4.74 Å². The van der Waals surface area contributed by atoms with Crippen LogP contribution in [0.5, 0.6) is 5.75 Å². The number of fused-ring (bicyclic) bond motifs is 1. The lowest BCUT2D eigenvalue weighted by Crippen LogP contribution is -2.32. The number of hydrogen-bond acceptors (Lipinski definition) is 3. The predicted octanol–water partition coefficient (Wildman–Crippen LogP) is 2.39. The number of hydrogen-bond donors (Lipinski definition) is 0. The van der Waals surface area contributed by atoms with Crippen molar-refractivity contribution in [1.29, 1.82) is 0 Å². The molecule has 4 heteroatoms. The Morgan fingerprint density at radius 3 is 2.72 bits per heavy atom. The summed E-state index contributed by atoms with van der Waals surface area (Å²) in [5.41, 5.74) is 1.26. The minimum atomic E-state index is -0.163. The van der Waals surface area contributed by atoms with E-state index in [-0.39, 0.29) is 18.2 Å². The highest BCUT2D eigenvalue weighted by Gasteiger charge is 2.48. The number of nitrogens with zero attached hydrogens (tertiary/aromatic N) is 1. The molecular formula is C14H17NO3. The molecule has 1 amide bonds. The highest BCUT2D eigenvalue weighted by molar-refractivity contribution is 5.71. The lowest BCUT2D eigenvalue weighted by molar-refractivity contribution is 0.133. The third kappa shape index (κ3) is 1.64. The van der Waals surface area contributed by atoms with Crippen molar-refractivity contribution in [2.45, 2.75) is 31.4 Å². The molecule has 0 spiro atoms. The van der Waals surface area contributed by atoms with Crippen molar-refractivity contribution >= 4 is 6.09 Å². The quantitative estimate of drug-likeness (QED) is 0.805. The number of carbonyl (C=O) groups excluding carboxylic acids is 1. The maximum absolute atomic E-state index is 11.6. The van der Waals surface area contributed by atoms with E-state index in [1.807, 2.05) is 24.0 Å². The van der Waals surface area contributed by atoms with Crippen molar-refractivity contribution < 1.29 is 14.3 Å². The van der Waals surface area contributed by atoms with Gasteiger partial charge in [-0.1, -0.05) is 12.1 Å². The molecule has 0 aliphatic carbocycles. The van der Waals surface area contributed by atoms with Gasteiger partial charge in [0.25, 0.3) is 0 Å². The number of benzene rings is 1. The normalized spacial score (nSPS) is 30.2. The average Bonchev–Trinajstić information content (AvgIpc) is 2.93. The van der Waals surface area contributed by atoms with Crippen molar-refractivity contribution in [3.05, 3.63) is 29.8 Å². The first-order chi connectivity index (χ1) is 8.70. The smallest absolute Gasteiger partial charge is 0.410 e. The van der Waals surface area contributed by atoms with Crippen LogP contribution in [0.25, 0.3) is 0 Å². The summed E-state index contributed by atoms with van der Waals surface area (Å²) in [5, 5.41) is 0. The summed E-state index contributed by atoms with van der Waals surface area (Å²) in [6.45, 7) is 2.77. The van der Waals surface area contributed by atoms with Crippen LogP contribution in [0.1, 0.15) is 24.8 Å². The van der Waals surface area contributed by atoms with Gasteiger partial charge < -0.3 is 14.4 Å². The molecule has 0 unspecified atom stereocenters. The third-order valence-electron chi connectivity index (χ3n) is 4.00. The number of carbonyl (C=O) groups is 1. The molecule has 2 aliphatic heterocycles. The molecule has 2 fully saturated rings. The van der Waals surface area contributed by atoms with Gasteiger partial charge in [0.05, 0.1) is 13.2 Å². The molecule has 2 heterocycles. The fourth-order valence-corrected chi connectivity index (χ4v) is 3.12. The van der Waals surface area contributed by atoms with Crippen LogP contribution in [0, 0.1) is 0 Å². The van der Waals surface area contributed by atoms with Gasteiger partial charge in [-0.15, -0.1) is 0 Å². The van der Waals surface area contributed by atoms with Crippen LogP contribution in [0.4, 0.5) is 4.79 Å². The molecule has 0 aromatic heterocycles. The SMILES string of the molecule is COc1ccc([C@H]2CCN3C(=O)O[C@@H](C)[C@H]23)cc1. The molecule has 2 aliphatic rings. The molecule has 0 bridgehead atoms. The van der Waals surface area contributed by atoms with Crippen molar-refractivity contribution in [2.75, 3.05) is 13.7 Å². The van der Waals surface area contributed by atoms with E-state index in [2.05, 4.69) is 12.1 Å². The molecule has 96 valence electrons. The topological polar surface area (TPSA) is 38.8 Å². The van der Waals surface area contributed by atoms with Gasteiger partial charge in [-0.3, -0.25) is 0 Å². The predicted molar refractivity (Wildman–Crippen MR) is 66.8 cm³/mol. The molecule has 1 aromatic rings. The Bertz CT molecular complexity index is 457. The first-order valence-corrected chi connectivity index (χ1v) is 6.32. The first-order valence-electron chi connectivity index (χ1n) is 6.32. The van der Waals surface area contributed by atoms with Gasteiger partial charge in [0.1, 0.15) is 11.9 Å². The standard InChI is InChI=1S/C14H17NO3/c1-9-13-12(7-8-15(13)14(16)18-9)10-3-5-11(17-2)6-4-10/h3-6,9,12-13H,7-8H2,1-2H3/t9-,12+,13+/m0/s1. The lowest BCUT2D eigenvalue weighted by atomic mass is 9.89. The minimum absolute atomic E-state index is 0.0212. The van der Waals surface area contributed by atoms with Gasteiger partial charge >= 0.3 is 6.09 Å². The molecule has 0 radical (unpaired) electrons. The van der Waals surface area contributed by atoms with E-state index in [1.165, 1.54) is 5.56 Å². The summed E-state index contributed by atoms with van der Waals surface area (Å²) in [6, 6.07) is 8.30. The van der Waals surface area contributed by atoms with Crippen molar-refractivity contribution in [1.82, 2.24) is 4.90 Å². The Balaban J connectivity index is 1.86. The number of ether oxygens (including phenoxy) is 2. The molecule has 2 saturated heterocycles. The van der Waals surface area contributed by atoms with Gasteiger partial charge in [0.15, 0.2) is 0 Å². The van der Waals surface area contributed by atoms with Crippen molar-refractivity contribution in [3.63, 3.8) is 0 Å². The van der Waals surface area contributed by atoms with Crippen LogP contribution in [0.2, 0.25) is 0 Å². The van der Waals surface area contributed by atoms with E-state index in [4.69, 9.17) is 9.47 Å². The summed E-state index contributed by atoms with van der Waals surface area (Å²) in [5.74, 6) is 1.23. The number of amides is 1. The van der Waals surface area contributed by atoms with E-state index < -0.39 is 0 Å².